The van der Waals surface area contributed by atoms with Gasteiger partial charge in [-0.2, -0.15) is 0 Å². The van der Waals surface area contributed by atoms with Crippen LogP contribution in [0.3, 0.4) is 0 Å². The Kier molecular flexibility index (Phi) is 3.15. The number of piperidine rings is 1. The first-order chi connectivity index (χ1) is 10.4. The number of rotatable bonds is 2. The number of nitrogens with one attached hydrogen (secondary N) is 1. The Balaban J connectivity index is 1.92. The van der Waals surface area contributed by atoms with E-state index in [0.29, 0.717) is 0 Å². The van der Waals surface area contributed by atoms with E-state index in [0.717, 1.165) is 13.1 Å². The highest BCUT2D eigenvalue weighted by Gasteiger charge is 2.19. The van der Waals surface area contributed by atoms with Gasteiger partial charge in [0.25, 0.3) is 0 Å². The number of anilines is 1. The SMILES string of the molecule is c1ccc(-c2c(N3CCCCC3)[nH]c3ccccc23)cc1. The van der Waals surface area contributed by atoms with Crippen molar-refractivity contribution >= 4 is 16.7 Å². The maximum atomic E-state index is 3.66. The third-order valence-electron chi connectivity index (χ3n) is 4.42. The predicted octanol–water partition coefficient (Wildman–Crippen LogP) is 4.83. The zero-order chi connectivity index (χ0) is 14.1. The highest BCUT2D eigenvalue weighted by Crippen LogP contribution is 2.38. The molecule has 1 N–H and O–H groups in total. The summed E-state index contributed by atoms with van der Waals surface area (Å²) in [6, 6.07) is 19.4. The maximum absolute atomic E-state index is 3.66. The van der Waals surface area contributed by atoms with Crippen molar-refractivity contribution < 1.29 is 0 Å². The van der Waals surface area contributed by atoms with E-state index in [1.807, 2.05) is 0 Å². The summed E-state index contributed by atoms with van der Waals surface area (Å²) in [7, 11) is 0. The summed E-state index contributed by atoms with van der Waals surface area (Å²) in [6.07, 6.45) is 3.95. The molecular formula is C19H20N2. The van der Waals surface area contributed by atoms with Gasteiger partial charge in [-0.05, 0) is 30.9 Å². The lowest BCUT2D eigenvalue weighted by Gasteiger charge is -2.28. The number of hydrogen-bond donors (Lipinski definition) is 1. The van der Waals surface area contributed by atoms with Gasteiger partial charge in [-0.15, -0.1) is 0 Å². The standard InChI is InChI=1S/C19H20N2/c1-3-9-15(10-4-1)18-16-11-5-6-12-17(16)20-19(18)21-13-7-2-8-14-21/h1,3-6,9-12,20H,2,7-8,13-14H2. The van der Waals surface area contributed by atoms with Gasteiger partial charge in [-0.25, -0.2) is 0 Å². The maximum Gasteiger partial charge on any atom is 0.114 e. The monoisotopic (exact) mass is 276 g/mol. The average Bonchev–Trinajstić information content (AvgIpc) is 2.96. The van der Waals surface area contributed by atoms with Crippen molar-refractivity contribution in [2.24, 2.45) is 0 Å². The van der Waals surface area contributed by atoms with Gasteiger partial charge in [0, 0.05) is 29.6 Å². The number of benzene rings is 2. The number of fused-ring (bicyclic) bond motifs is 1. The molecule has 0 atom stereocenters. The van der Waals surface area contributed by atoms with E-state index in [2.05, 4.69) is 64.5 Å². The Labute approximate surface area is 125 Å². The molecule has 2 nitrogen and oxygen atoms in total. The molecule has 1 saturated heterocycles. The zero-order valence-corrected chi connectivity index (χ0v) is 12.2. The molecule has 0 bridgehead atoms. The van der Waals surface area contributed by atoms with Gasteiger partial charge >= 0.3 is 0 Å². The fourth-order valence-corrected chi connectivity index (χ4v) is 3.38. The molecule has 0 unspecified atom stereocenters. The van der Waals surface area contributed by atoms with Crippen LogP contribution < -0.4 is 4.90 Å². The lowest BCUT2D eigenvalue weighted by Crippen LogP contribution is -2.30. The number of aromatic amines is 1. The van der Waals surface area contributed by atoms with Crippen LogP contribution in [0.25, 0.3) is 22.0 Å². The first-order valence-corrected chi connectivity index (χ1v) is 7.84. The van der Waals surface area contributed by atoms with Gasteiger partial charge in [0.2, 0.25) is 0 Å². The summed E-state index contributed by atoms with van der Waals surface area (Å²) in [4.78, 5) is 6.18. The molecule has 0 aliphatic carbocycles. The summed E-state index contributed by atoms with van der Waals surface area (Å²) in [5, 5.41) is 1.32. The normalized spacial score (nSPS) is 15.5. The molecular weight excluding hydrogens is 256 g/mol. The molecule has 0 amide bonds. The van der Waals surface area contributed by atoms with Gasteiger partial charge in [0.05, 0.1) is 0 Å². The summed E-state index contributed by atoms with van der Waals surface area (Å²) < 4.78 is 0. The van der Waals surface area contributed by atoms with Crippen LogP contribution in [0, 0.1) is 0 Å². The van der Waals surface area contributed by atoms with E-state index < -0.39 is 0 Å². The number of aromatic nitrogens is 1. The molecule has 1 aromatic heterocycles. The van der Waals surface area contributed by atoms with E-state index in [1.165, 1.54) is 47.1 Å². The third-order valence-corrected chi connectivity index (χ3v) is 4.42. The Hall–Kier alpha value is -2.22. The van der Waals surface area contributed by atoms with Crippen LogP contribution in [0.5, 0.6) is 0 Å². The second-order valence-corrected chi connectivity index (χ2v) is 5.81. The Morgan fingerprint density at radius 2 is 1.48 bits per heavy atom. The topological polar surface area (TPSA) is 19.0 Å². The number of para-hydroxylation sites is 1. The van der Waals surface area contributed by atoms with Crippen molar-refractivity contribution in [1.29, 1.82) is 0 Å². The van der Waals surface area contributed by atoms with Crippen molar-refractivity contribution in [2.75, 3.05) is 18.0 Å². The Morgan fingerprint density at radius 3 is 2.29 bits per heavy atom. The van der Waals surface area contributed by atoms with Gasteiger partial charge in [0.15, 0.2) is 0 Å². The van der Waals surface area contributed by atoms with E-state index in [1.54, 1.807) is 0 Å². The lowest BCUT2D eigenvalue weighted by molar-refractivity contribution is 0.575. The van der Waals surface area contributed by atoms with Crippen LogP contribution in [0.2, 0.25) is 0 Å². The van der Waals surface area contributed by atoms with Crippen molar-refractivity contribution in [3.8, 4) is 11.1 Å². The molecule has 2 heterocycles. The molecule has 0 spiro atoms. The second kappa shape index (κ2) is 5.28. The molecule has 1 aliphatic heterocycles. The number of nitrogens with zero attached hydrogens (tertiary/aromatic N) is 1. The molecule has 1 aliphatic rings. The molecule has 0 radical (unpaired) electrons. The third kappa shape index (κ3) is 2.21. The first kappa shape index (κ1) is 12.5. The van der Waals surface area contributed by atoms with E-state index in [-0.39, 0.29) is 0 Å². The fourth-order valence-electron chi connectivity index (χ4n) is 3.38. The minimum atomic E-state index is 1.16. The van der Waals surface area contributed by atoms with Crippen molar-refractivity contribution in [1.82, 2.24) is 4.98 Å². The van der Waals surface area contributed by atoms with Crippen LogP contribution in [0.4, 0.5) is 5.82 Å². The highest BCUT2D eigenvalue weighted by atomic mass is 15.2. The van der Waals surface area contributed by atoms with Gasteiger partial charge < -0.3 is 9.88 Å². The largest absolute Gasteiger partial charge is 0.358 e. The molecule has 3 aromatic rings. The minimum absolute atomic E-state index is 1.16. The Morgan fingerprint density at radius 1 is 0.762 bits per heavy atom. The van der Waals surface area contributed by atoms with Crippen LogP contribution in [0.15, 0.2) is 54.6 Å². The van der Waals surface area contributed by atoms with E-state index in [4.69, 9.17) is 0 Å². The fraction of sp³-hybridized carbons (Fsp3) is 0.263. The number of hydrogen-bond acceptors (Lipinski definition) is 1. The smallest absolute Gasteiger partial charge is 0.114 e. The van der Waals surface area contributed by atoms with Gasteiger partial charge in [-0.3, -0.25) is 0 Å². The lowest BCUT2D eigenvalue weighted by atomic mass is 10.0. The summed E-state index contributed by atoms with van der Waals surface area (Å²) >= 11 is 0. The number of H-pyrrole nitrogens is 1. The quantitative estimate of drug-likeness (QED) is 0.710. The summed E-state index contributed by atoms with van der Waals surface area (Å²) in [6.45, 7) is 2.32. The Bertz CT molecular complexity index is 737. The van der Waals surface area contributed by atoms with Crippen LogP contribution in [-0.4, -0.2) is 18.1 Å². The van der Waals surface area contributed by atoms with Crippen molar-refractivity contribution in [2.45, 2.75) is 19.3 Å². The second-order valence-electron chi connectivity index (χ2n) is 5.81. The van der Waals surface area contributed by atoms with Crippen LogP contribution in [0.1, 0.15) is 19.3 Å². The van der Waals surface area contributed by atoms with E-state index >= 15 is 0 Å². The molecule has 1 fully saturated rings. The molecule has 2 aromatic carbocycles. The van der Waals surface area contributed by atoms with Crippen molar-refractivity contribution in [3.05, 3.63) is 54.6 Å². The highest BCUT2D eigenvalue weighted by molar-refractivity contribution is 6.02. The average molecular weight is 276 g/mol. The van der Waals surface area contributed by atoms with E-state index in [9.17, 15) is 0 Å². The van der Waals surface area contributed by atoms with Crippen LogP contribution >= 0.6 is 0 Å². The van der Waals surface area contributed by atoms with Crippen LogP contribution in [-0.2, 0) is 0 Å². The molecule has 4 rings (SSSR count). The van der Waals surface area contributed by atoms with Crippen molar-refractivity contribution in [3.63, 3.8) is 0 Å². The zero-order valence-electron chi connectivity index (χ0n) is 12.2. The first-order valence-electron chi connectivity index (χ1n) is 7.84. The predicted molar refractivity (Wildman–Crippen MR) is 89.8 cm³/mol. The van der Waals surface area contributed by atoms with Gasteiger partial charge in [-0.1, -0.05) is 48.5 Å². The molecule has 21 heavy (non-hydrogen) atoms. The molecule has 2 heteroatoms. The molecule has 0 saturated carbocycles. The minimum Gasteiger partial charge on any atom is -0.358 e. The summed E-state index contributed by atoms with van der Waals surface area (Å²) in [5.74, 6) is 1.29. The summed E-state index contributed by atoms with van der Waals surface area (Å²) in [5.41, 5.74) is 3.89. The van der Waals surface area contributed by atoms with Gasteiger partial charge in [0.1, 0.15) is 5.82 Å². The molecule has 106 valence electrons.